The standard InChI is InChI=1S/C20H23FN2O2/c1-3-23(18-10-5-4-6-11-18)20(25)15-22(16(2)24)14-13-17-9-7-8-12-19(17)21/h4-12H,3,13-15H2,1-2H3. The van der Waals surface area contributed by atoms with Crippen molar-refractivity contribution in [3.63, 3.8) is 0 Å². The van der Waals surface area contributed by atoms with Gasteiger partial charge in [0.15, 0.2) is 0 Å². The third-order valence-electron chi connectivity index (χ3n) is 4.07. The predicted octanol–water partition coefficient (Wildman–Crippen LogP) is 3.27. The maximum Gasteiger partial charge on any atom is 0.246 e. The smallest absolute Gasteiger partial charge is 0.246 e. The zero-order chi connectivity index (χ0) is 18.2. The first-order valence-electron chi connectivity index (χ1n) is 8.37. The van der Waals surface area contributed by atoms with E-state index in [0.717, 1.165) is 5.69 Å². The fraction of sp³-hybridized carbons (Fsp3) is 0.300. The number of benzene rings is 2. The van der Waals surface area contributed by atoms with Crippen LogP contribution < -0.4 is 4.90 Å². The maximum absolute atomic E-state index is 13.7. The van der Waals surface area contributed by atoms with Gasteiger partial charge in [0.1, 0.15) is 12.4 Å². The summed E-state index contributed by atoms with van der Waals surface area (Å²) >= 11 is 0. The Morgan fingerprint density at radius 1 is 1.00 bits per heavy atom. The number of hydrogen-bond donors (Lipinski definition) is 0. The molecule has 0 radical (unpaired) electrons. The Kier molecular flexibility index (Phi) is 6.69. The average molecular weight is 342 g/mol. The summed E-state index contributed by atoms with van der Waals surface area (Å²) in [6.07, 6.45) is 0.372. The Balaban J connectivity index is 2.04. The third kappa shape index (κ3) is 5.14. The van der Waals surface area contributed by atoms with Crippen LogP contribution in [0.25, 0.3) is 0 Å². The number of hydrogen-bond acceptors (Lipinski definition) is 2. The van der Waals surface area contributed by atoms with Gasteiger partial charge < -0.3 is 9.80 Å². The Hall–Kier alpha value is -2.69. The molecule has 0 atom stereocenters. The number of carbonyl (C=O) groups excluding carboxylic acids is 2. The Morgan fingerprint density at radius 3 is 2.24 bits per heavy atom. The molecule has 0 aliphatic carbocycles. The minimum atomic E-state index is -0.295. The molecule has 2 amide bonds. The summed E-state index contributed by atoms with van der Waals surface area (Å²) in [5.41, 5.74) is 1.34. The van der Waals surface area contributed by atoms with Gasteiger partial charge in [-0.1, -0.05) is 36.4 Å². The molecule has 0 spiro atoms. The summed E-state index contributed by atoms with van der Waals surface area (Å²) < 4.78 is 13.7. The van der Waals surface area contributed by atoms with E-state index >= 15 is 0 Å². The van der Waals surface area contributed by atoms with Crippen LogP contribution in [0.3, 0.4) is 0 Å². The van der Waals surface area contributed by atoms with E-state index in [2.05, 4.69) is 0 Å². The molecule has 25 heavy (non-hydrogen) atoms. The molecular weight excluding hydrogens is 319 g/mol. The van der Waals surface area contributed by atoms with E-state index in [1.165, 1.54) is 17.9 Å². The number of carbonyl (C=O) groups is 2. The quantitative estimate of drug-likeness (QED) is 0.775. The van der Waals surface area contributed by atoms with E-state index in [0.29, 0.717) is 25.1 Å². The molecule has 0 saturated heterocycles. The van der Waals surface area contributed by atoms with E-state index in [1.807, 2.05) is 37.3 Å². The number of halogens is 1. The minimum absolute atomic E-state index is 0.0213. The van der Waals surface area contributed by atoms with Gasteiger partial charge in [0.05, 0.1) is 0 Å². The van der Waals surface area contributed by atoms with E-state index in [1.54, 1.807) is 23.1 Å². The second kappa shape index (κ2) is 8.97. The third-order valence-corrected chi connectivity index (χ3v) is 4.07. The highest BCUT2D eigenvalue weighted by atomic mass is 19.1. The molecule has 0 aliphatic rings. The lowest BCUT2D eigenvalue weighted by Crippen LogP contribution is -2.43. The molecule has 2 aromatic carbocycles. The van der Waals surface area contributed by atoms with Gasteiger partial charge in [0.2, 0.25) is 11.8 Å². The predicted molar refractivity (Wildman–Crippen MR) is 96.8 cm³/mol. The molecule has 0 saturated carbocycles. The van der Waals surface area contributed by atoms with E-state index in [4.69, 9.17) is 0 Å². The number of likely N-dealkylation sites (N-methyl/N-ethyl adjacent to an activating group) is 1. The lowest BCUT2D eigenvalue weighted by Gasteiger charge is -2.26. The normalized spacial score (nSPS) is 10.4. The minimum Gasteiger partial charge on any atom is -0.333 e. The molecule has 0 heterocycles. The van der Waals surface area contributed by atoms with Gasteiger partial charge in [-0.05, 0) is 37.1 Å². The van der Waals surface area contributed by atoms with Crippen LogP contribution in [0.4, 0.5) is 10.1 Å². The van der Waals surface area contributed by atoms with Crippen molar-refractivity contribution in [3.05, 3.63) is 66.0 Å². The van der Waals surface area contributed by atoms with Crippen molar-refractivity contribution >= 4 is 17.5 Å². The highest BCUT2D eigenvalue weighted by molar-refractivity contribution is 5.96. The van der Waals surface area contributed by atoms with Crippen LogP contribution in [0.5, 0.6) is 0 Å². The molecule has 0 N–H and O–H groups in total. The van der Waals surface area contributed by atoms with Crippen molar-refractivity contribution in [2.75, 3.05) is 24.5 Å². The number of rotatable bonds is 7. The summed E-state index contributed by atoms with van der Waals surface area (Å²) in [6, 6.07) is 15.8. The first-order valence-corrected chi connectivity index (χ1v) is 8.37. The van der Waals surface area contributed by atoms with Crippen molar-refractivity contribution in [2.45, 2.75) is 20.3 Å². The van der Waals surface area contributed by atoms with Crippen molar-refractivity contribution in [2.24, 2.45) is 0 Å². The van der Waals surface area contributed by atoms with Gasteiger partial charge in [-0.3, -0.25) is 9.59 Å². The SMILES string of the molecule is CCN(C(=O)CN(CCc1ccccc1F)C(C)=O)c1ccccc1. The largest absolute Gasteiger partial charge is 0.333 e. The lowest BCUT2D eigenvalue weighted by molar-refractivity contribution is -0.133. The van der Waals surface area contributed by atoms with Gasteiger partial charge in [-0.25, -0.2) is 4.39 Å². The summed E-state index contributed by atoms with van der Waals surface area (Å²) in [5, 5.41) is 0. The van der Waals surface area contributed by atoms with E-state index in [9.17, 15) is 14.0 Å². The topological polar surface area (TPSA) is 40.6 Å². The van der Waals surface area contributed by atoms with Crippen molar-refractivity contribution in [3.8, 4) is 0 Å². The van der Waals surface area contributed by atoms with Crippen LogP contribution in [0.2, 0.25) is 0 Å². The molecule has 0 bridgehead atoms. The molecule has 0 aliphatic heterocycles. The first kappa shape index (κ1) is 18.6. The molecule has 2 aromatic rings. The van der Waals surface area contributed by atoms with Crippen molar-refractivity contribution in [1.29, 1.82) is 0 Å². The fourth-order valence-electron chi connectivity index (χ4n) is 2.66. The number of amides is 2. The second-order valence-corrected chi connectivity index (χ2v) is 5.76. The maximum atomic E-state index is 13.7. The second-order valence-electron chi connectivity index (χ2n) is 5.76. The number of anilines is 1. The van der Waals surface area contributed by atoms with Crippen LogP contribution in [-0.2, 0) is 16.0 Å². The highest BCUT2D eigenvalue weighted by Gasteiger charge is 2.19. The Bertz CT molecular complexity index is 719. The molecule has 4 nitrogen and oxygen atoms in total. The number of nitrogens with zero attached hydrogens (tertiary/aromatic N) is 2. The number of para-hydroxylation sites is 1. The summed E-state index contributed by atoms with van der Waals surface area (Å²) in [7, 11) is 0. The van der Waals surface area contributed by atoms with Gasteiger partial charge in [-0.2, -0.15) is 0 Å². The van der Waals surface area contributed by atoms with Gasteiger partial charge in [0.25, 0.3) is 0 Å². The molecule has 0 fully saturated rings. The van der Waals surface area contributed by atoms with Crippen LogP contribution >= 0.6 is 0 Å². The zero-order valence-corrected chi connectivity index (χ0v) is 14.6. The Morgan fingerprint density at radius 2 is 1.64 bits per heavy atom. The van der Waals surface area contributed by atoms with Crippen LogP contribution in [0.1, 0.15) is 19.4 Å². The first-order chi connectivity index (χ1) is 12.0. The Labute approximate surface area is 147 Å². The summed E-state index contributed by atoms with van der Waals surface area (Å²) in [4.78, 5) is 27.6. The van der Waals surface area contributed by atoms with E-state index < -0.39 is 0 Å². The summed E-state index contributed by atoms with van der Waals surface area (Å²) in [5.74, 6) is -0.650. The zero-order valence-electron chi connectivity index (χ0n) is 14.6. The summed E-state index contributed by atoms with van der Waals surface area (Å²) in [6.45, 7) is 4.11. The van der Waals surface area contributed by atoms with Crippen LogP contribution in [-0.4, -0.2) is 36.3 Å². The van der Waals surface area contributed by atoms with E-state index in [-0.39, 0.29) is 24.2 Å². The molecule has 5 heteroatoms. The highest BCUT2D eigenvalue weighted by Crippen LogP contribution is 2.14. The molecule has 2 rings (SSSR count). The van der Waals surface area contributed by atoms with Crippen molar-refractivity contribution in [1.82, 2.24) is 4.90 Å². The van der Waals surface area contributed by atoms with Gasteiger partial charge in [-0.15, -0.1) is 0 Å². The van der Waals surface area contributed by atoms with Gasteiger partial charge >= 0.3 is 0 Å². The molecular formula is C20H23FN2O2. The van der Waals surface area contributed by atoms with Crippen LogP contribution in [0, 0.1) is 5.82 Å². The monoisotopic (exact) mass is 342 g/mol. The molecule has 0 aromatic heterocycles. The lowest BCUT2D eigenvalue weighted by atomic mass is 10.1. The molecule has 0 unspecified atom stereocenters. The van der Waals surface area contributed by atoms with Crippen LogP contribution in [0.15, 0.2) is 54.6 Å². The fourth-order valence-corrected chi connectivity index (χ4v) is 2.66. The average Bonchev–Trinajstić information content (AvgIpc) is 2.61. The van der Waals surface area contributed by atoms with Crippen molar-refractivity contribution < 1.29 is 14.0 Å². The van der Waals surface area contributed by atoms with Gasteiger partial charge in [0, 0.05) is 25.7 Å². The molecule has 132 valence electrons.